The molecule has 24 heavy (non-hydrogen) atoms. The van der Waals surface area contributed by atoms with Gasteiger partial charge in [-0.05, 0) is 54.8 Å². The summed E-state index contributed by atoms with van der Waals surface area (Å²) in [6, 6.07) is 9.87. The Morgan fingerprint density at radius 1 is 1.21 bits per heavy atom. The van der Waals surface area contributed by atoms with Crippen molar-refractivity contribution >= 4 is 38.9 Å². The molecule has 1 N–H and O–H groups in total. The number of rotatable bonds is 3. The standard InChI is InChI=1S/C17H17ClN2O3S/c1-11-3-4-14(18)10-16(11)19-24(22,23)15-5-6-17-13(9-15)7-8-20(17)12(2)21/h3-6,9-10,19H,7-8H2,1-2H3. The van der Waals surface area contributed by atoms with Gasteiger partial charge in [-0.1, -0.05) is 17.7 Å². The number of amides is 1. The average molecular weight is 365 g/mol. The summed E-state index contributed by atoms with van der Waals surface area (Å²) in [7, 11) is -3.72. The molecule has 0 fully saturated rings. The third-order valence-corrected chi connectivity index (χ3v) is 5.68. The van der Waals surface area contributed by atoms with Gasteiger partial charge in [-0.2, -0.15) is 0 Å². The van der Waals surface area contributed by atoms with Crippen molar-refractivity contribution < 1.29 is 13.2 Å². The van der Waals surface area contributed by atoms with Crippen molar-refractivity contribution in [2.75, 3.05) is 16.2 Å². The van der Waals surface area contributed by atoms with Crippen LogP contribution < -0.4 is 9.62 Å². The van der Waals surface area contributed by atoms with Gasteiger partial charge < -0.3 is 4.90 Å². The smallest absolute Gasteiger partial charge is 0.261 e. The number of nitrogens with one attached hydrogen (secondary N) is 1. The van der Waals surface area contributed by atoms with E-state index in [1.807, 2.05) is 6.92 Å². The molecule has 2 aromatic rings. The molecular weight excluding hydrogens is 348 g/mol. The summed E-state index contributed by atoms with van der Waals surface area (Å²) in [5.41, 5.74) is 2.87. The Morgan fingerprint density at radius 2 is 1.96 bits per heavy atom. The highest BCUT2D eigenvalue weighted by molar-refractivity contribution is 7.92. The van der Waals surface area contributed by atoms with Crippen molar-refractivity contribution in [1.29, 1.82) is 0 Å². The molecule has 0 saturated carbocycles. The van der Waals surface area contributed by atoms with Crippen LogP contribution in [0.4, 0.5) is 11.4 Å². The molecule has 3 rings (SSSR count). The van der Waals surface area contributed by atoms with Gasteiger partial charge in [0.05, 0.1) is 10.6 Å². The van der Waals surface area contributed by atoms with Gasteiger partial charge in [0.25, 0.3) is 10.0 Å². The van der Waals surface area contributed by atoms with Crippen LogP contribution in [0.15, 0.2) is 41.3 Å². The van der Waals surface area contributed by atoms with Crippen LogP contribution in [-0.2, 0) is 21.2 Å². The zero-order chi connectivity index (χ0) is 17.5. The lowest BCUT2D eigenvalue weighted by atomic mass is 10.2. The number of carbonyl (C=O) groups is 1. The van der Waals surface area contributed by atoms with Gasteiger partial charge in [0.15, 0.2) is 0 Å². The first kappa shape index (κ1) is 16.8. The van der Waals surface area contributed by atoms with Crippen LogP contribution in [0.3, 0.4) is 0 Å². The van der Waals surface area contributed by atoms with Crippen LogP contribution in [0, 0.1) is 6.92 Å². The summed E-state index contributed by atoms with van der Waals surface area (Å²) in [6.07, 6.45) is 0.647. The Labute approximate surface area is 146 Å². The van der Waals surface area contributed by atoms with Crippen LogP contribution >= 0.6 is 11.6 Å². The molecule has 5 nitrogen and oxygen atoms in total. The number of fused-ring (bicyclic) bond motifs is 1. The van der Waals surface area contributed by atoms with E-state index in [9.17, 15) is 13.2 Å². The van der Waals surface area contributed by atoms with Crippen molar-refractivity contribution in [3.05, 3.63) is 52.5 Å². The topological polar surface area (TPSA) is 66.5 Å². The zero-order valence-electron chi connectivity index (χ0n) is 13.3. The predicted molar refractivity (Wildman–Crippen MR) is 95.2 cm³/mol. The normalized spacial score (nSPS) is 13.7. The minimum atomic E-state index is -3.72. The molecule has 0 atom stereocenters. The average Bonchev–Trinajstić information content (AvgIpc) is 2.94. The van der Waals surface area contributed by atoms with E-state index in [4.69, 9.17) is 11.6 Å². The van der Waals surface area contributed by atoms with Gasteiger partial charge in [-0.25, -0.2) is 8.42 Å². The summed E-state index contributed by atoms with van der Waals surface area (Å²) in [5.74, 6) is -0.0444. The predicted octanol–water partition coefficient (Wildman–Crippen LogP) is 3.36. The van der Waals surface area contributed by atoms with E-state index < -0.39 is 10.0 Å². The molecule has 1 aliphatic heterocycles. The number of anilines is 2. The van der Waals surface area contributed by atoms with Crippen LogP contribution in [0.1, 0.15) is 18.1 Å². The summed E-state index contributed by atoms with van der Waals surface area (Å²) < 4.78 is 27.9. The Bertz CT molecular complexity index is 925. The minimum Gasteiger partial charge on any atom is -0.312 e. The maximum Gasteiger partial charge on any atom is 0.261 e. The molecule has 126 valence electrons. The lowest BCUT2D eigenvalue weighted by molar-refractivity contribution is -0.116. The van der Waals surface area contributed by atoms with Crippen molar-refractivity contribution in [1.82, 2.24) is 0 Å². The third-order valence-electron chi connectivity index (χ3n) is 4.08. The molecule has 0 radical (unpaired) electrons. The fourth-order valence-electron chi connectivity index (χ4n) is 2.78. The molecule has 1 aliphatic rings. The summed E-state index contributed by atoms with van der Waals surface area (Å²) in [4.78, 5) is 13.4. The van der Waals surface area contributed by atoms with E-state index in [0.29, 0.717) is 23.7 Å². The first-order valence-electron chi connectivity index (χ1n) is 7.48. The molecule has 1 heterocycles. The van der Waals surface area contributed by atoms with E-state index in [1.54, 1.807) is 35.2 Å². The van der Waals surface area contributed by atoms with Crippen molar-refractivity contribution in [3.8, 4) is 0 Å². The maximum atomic E-state index is 12.6. The van der Waals surface area contributed by atoms with E-state index in [2.05, 4.69) is 4.72 Å². The fourth-order valence-corrected chi connectivity index (χ4v) is 4.12. The van der Waals surface area contributed by atoms with Crippen LogP contribution in [-0.4, -0.2) is 20.9 Å². The number of halogens is 1. The van der Waals surface area contributed by atoms with Gasteiger partial charge >= 0.3 is 0 Å². The van der Waals surface area contributed by atoms with Gasteiger partial charge in [0.2, 0.25) is 5.91 Å². The molecule has 7 heteroatoms. The molecular formula is C17H17ClN2O3S. The van der Waals surface area contributed by atoms with Crippen molar-refractivity contribution in [2.24, 2.45) is 0 Å². The Balaban J connectivity index is 1.94. The Kier molecular flexibility index (Phi) is 4.27. The van der Waals surface area contributed by atoms with E-state index >= 15 is 0 Å². The fraction of sp³-hybridized carbons (Fsp3) is 0.235. The number of carbonyl (C=O) groups excluding carboxylic acids is 1. The molecule has 1 amide bonds. The van der Waals surface area contributed by atoms with Gasteiger partial charge in [0.1, 0.15) is 0 Å². The lowest BCUT2D eigenvalue weighted by Crippen LogP contribution is -2.25. The second-order valence-electron chi connectivity index (χ2n) is 5.78. The van der Waals surface area contributed by atoms with Crippen LogP contribution in [0.25, 0.3) is 0 Å². The van der Waals surface area contributed by atoms with Crippen LogP contribution in [0.5, 0.6) is 0 Å². The van der Waals surface area contributed by atoms with Crippen LogP contribution in [0.2, 0.25) is 5.02 Å². The summed E-state index contributed by atoms with van der Waals surface area (Å²) >= 11 is 5.94. The molecule has 0 spiro atoms. The number of aryl methyl sites for hydroxylation is 1. The highest BCUT2D eigenvalue weighted by Crippen LogP contribution is 2.31. The largest absolute Gasteiger partial charge is 0.312 e. The van der Waals surface area contributed by atoms with Gasteiger partial charge in [-0.3, -0.25) is 9.52 Å². The quantitative estimate of drug-likeness (QED) is 0.908. The highest BCUT2D eigenvalue weighted by atomic mass is 35.5. The molecule has 0 aromatic heterocycles. The second-order valence-corrected chi connectivity index (χ2v) is 7.89. The Morgan fingerprint density at radius 3 is 2.67 bits per heavy atom. The summed E-state index contributed by atoms with van der Waals surface area (Å²) in [5, 5.41) is 0.462. The number of hydrogen-bond acceptors (Lipinski definition) is 3. The van der Waals surface area contributed by atoms with E-state index in [1.165, 1.54) is 13.0 Å². The lowest BCUT2D eigenvalue weighted by Gasteiger charge is -2.15. The maximum absolute atomic E-state index is 12.6. The van der Waals surface area contributed by atoms with Gasteiger partial charge in [-0.15, -0.1) is 0 Å². The van der Waals surface area contributed by atoms with Crippen molar-refractivity contribution in [3.63, 3.8) is 0 Å². The molecule has 0 bridgehead atoms. The Hall–Kier alpha value is -2.05. The number of sulfonamides is 1. The van der Waals surface area contributed by atoms with E-state index in [0.717, 1.165) is 16.8 Å². The number of benzene rings is 2. The zero-order valence-corrected chi connectivity index (χ0v) is 14.9. The van der Waals surface area contributed by atoms with Gasteiger partial charge in [0, 0.05) is 24.2 Å². The first-order chi connectivity index (χ1) is 11.3. The molecule has 0 saturated heterocycles. The number of hydrogen-bond donors (Lipinski definition) is 1. The summed E-state index contributed by atoms with van der Waals surface area (Å²) in [6.45, 7) is 3.89. The highest BCUT2D eigenvalue weighted by Gasteiger charge is 2.25. The SMILES string of the molecule is CC(=O)N1CCc2cc(S(=O)(=O)Nc3cc(Cl)ccc3C)ccc21. The first-order valence-corrected chi connectivity index (χ1v) is 9.34. The molecule has 2 aromatic carbocycles. The number of nitrogens with zero attached hydrogens (tertiary/aromatic N) is 1. The van der Waals surface area contributed by atoms with E-state index in [-0.39, 0.29) is 10.8 Å². The third kappa shape index (κ3) is 3.12. The monoisotopic (exact) mass is 364 g/mol. The minimum absolute atomic E-state index is 0.0444. The second kappa shape index (κ2) is 6.11. The van der Waals surface area contributed by atoms with Crippen molar-refractivity contribution in [2.45, 2.75) is 25.2 Å². The molecule has 0 aliphatic carbocycles. The molecule has 0 unspecified atom stereocenters.